The van der Waals surface area contributed by atoms with Crippen LogP contribution >= 0.6 is 0 Å². The lowest BCUT2D eigenvalue weighted by molar-refractivity contribution is 0.211. The molecule has 1 aliphatic rings. The quantitative estimate of drug-likeness (QED) is 0.831. The summed E-state index contributed by atoms with van der Waals surface area (Å²) >= 11 is 0. The lowest BCUT2D eigenvalue weighted by Crippen LogP contribution is -2.31. The van der Waals surface area contributed by atoms with Gasteiger partial charge in [-0.15, -0.1) is 0 Å². The average molecular weight is 293 g/mol. The van der Waals surface area contributed by atoms with Crippen molar-refractivity contribution in [1.29, 1.82) is 0 Å². The molecule has 1 aromatic heterocycles. The van der Waals surface area contributed by atoms with E-state index >= 15 is 0 Å². The second-order valence-electron chi connectivity index (χ2n) is 6.25. The van der Waals surface area contributed by atoms with Crippen LogP contribution in [0.2, 0.25) is 0 Å². The summed E-state index contributed by atoms with van der Waals surface area (Å²) in [5, 5.41) is 7.99. The lowest BCUT2D eigenvalue weighted by Gasteiger charge is -2.34. The van der Waals surface area contributed by atoms with E-state index in [2.05, 4.69) is 36.0 Å². The Bertz CT molecular complexity index is 400. The Morgan fingerprint density at radius 2 is 2.05 bits per heavy atom. The maximum atomic E-state index is 5.54. The number of nitrogens with one attached hydrogen (secondary N) is 1. The largest absolute Gasteiger partial charge is 0.493 e. The molecule has 1 atom stereocenters. The van der Waals surface area contributed by atoms with E-state index in [0.717, 1.165) is 18.2 Å². The number of nitrogens with zero attached hydrogens (tertiary/aromatic N) is 2. The number of methoxy groups -OCH3 is 1. The van der Waals surface area contributed by atoms with Crippen molar-refractivity contribution in [3.8, 4) is 5.75 Å². The molecule has 1 unspecified atom stereocenters. The minimum Gasteiger partial charge on any atom is -0.493 e. The summed E-state index contributed by atoms with van der Waals surface area (Å²) in [6.07, 6.45) is 9.95. The van der Waals surface area contributed by atoms with Gasteiger partial charge in [-0.25, -0.2) is 0 Å². The van der Waals surface area contributed by atoms with Crippen LogP contribution < -0.4 is 10.1 Å². The van der Waals surface area contributed by atoms with E-state index < -0.39 is 0 Å². The molecule has 1 N–H and O–H groups in total. The van der Waals surface area contributed by atoms with Gasteiger partial charge in [-0.05, 0) is 38.6 Å². The highest BCUT2D eigenvalue weighted by molar-refractivity contribution is 5.29. The highest BCUT2D eigenvalue weighted by Gasteiger charge is 2.31. The fraction of sp³-hybridized carbons (Fsp3) is 0.824. The van der Waals surface area contributed by atoms with Crippen LogP contribution in [0, 0.1) is 11.8 Å². The third kappa shape index (κ3) is 3.60. The lowest BCUT2D eigenvalue weighted by atomic mass is 9.76. The molecule has 0 radical (unpaired) electrons. The van der Waals surface area contributed by atoms with Crippen LogP contribution in [0.25, 0.3) is 0 Å². The maximum absolute atomic E-state index is 5.54. The molecule has 1 heterocycles. The Balaban J connectivity index is 2.12. The molecule has 2 rings (SSSR count). The van der Waals surface area contributed by atoms with Crippen molar-refractivity contribution >= 4 is 0 Å². The summed E-state index contributed by atoms with van der Waals surface area (Å²) < 4.78 is 7.62. The predicted octanol–water partition coefficient (Wildman–Crippen LogP) is 3.78. The van der Waals surface area contributed by atoms with Gasteiger partial charge < -0.3 is 10.1 Å². The molecule has 1 aliphatic carbocycles. The van der Waals surface area contributed by atoms with Gasteiger partial charge in [-0.1, -0.05) is 32.6 Å². The van der Waals surface area contributed by atoms with E-state index in [1.165, 1.54) is 44.2 Å². The van der Waals surface area contributed by atoms with E-state index in [4.69, 9.17) is 4.74 Å². The van der Waals surface area contributed by atoms with Gasteiger partial charge in [0.1, 0.15) is 0 Å². The molecule has 0 saturated heterocycles. The summed E-state index contributed by atoms with van der Waals surface area (Å²) in [6.45, 7) is 5.33. The normalized spacial score (nSPS) is 24.0. The van der Waals surface area contributed by atoms with Crippen LogP contribution in [-0.4, -0.2) is 23.9 Å². The average Bonchev–Trinajstić information content (AvgIpc) is 2.93. The van der Waals surface area contributed by atoms with Gasteiger partial charge in [0, 0.05) is 6.54 Å². The number of aromatic nitrogens is 2. The number of ether oxygens (including phenoxy) is 1. The van der Waals surface area contributed by atoms with Crippen molar-refractivity contribution in [1.82, 2.24) is 15.1 Å². The first-order chi connectivity index (χ1) is 10.2. The van der Waals surface area contributed by atoms with E-state index in [1.807, 2.05) is 6.20 Å². The van der Waals surface area contributed by atoms with Crippen molar-refractivity contribution in [2.45, 2.75) is 65.0 Å². The molecule has 0 aromatic carbocycles. The zero-order chi connectivity index (χ0) is 15.2. The van der Waals surface area contributed by atoms with Crippen LogP contribution in [0.5, 0.6) is 5.75 Å². The maximum Gasteiger partial charge on any atom is 0.161 e. The van der Waals surface area contributed by atoms with Crippen LogP contribution in [-0.2, 0) is 6.54 Å². The summed E-state index contributed by atoms with van der Waals surface area (Å²) in [7, 11) is 3.81. The Hall–Kier alpha value is -1.03. The van der Waals surface area contributed by atoms with Gasteiger partial charge in [-0.2, -0.15) is 5.10 Å². The third-order valence-electron chi connectivity index (χ3n) is 5.03. The SMILES string of the molecule is CCCC1CCC(C(NC)c2c(OC)cnn2CC)CC1. The van der Waals surface area contributed by atoms with Crippen LogP contribution in [0.3, 0.4) is 0 Å². The monoisotopic (exact) mass is 293 g/mol. The molecule has 1 saturated carbocycles. The van der Waals surface area contributed by atoms with Gasteiger partial charge in [0.2, 0.25) is 0 Å². The van der Waals surface area contributed by atoms with E-state index in [0.29, 0.717) is 12.0 Å². The van der Waals surface area contributed by atoms with Crippen LogP contribution in [0.1, 0.15) is 64.1 Å². The van der Waals surface area contributed by atoms with Crippen LogP contribution in [0.15, 0.2) is 6.20 Å². The molecule has 4 nitrogen and oxygen atoms in total. The second kappa shape index (κ2) is 7.83. The smallest absolute Gasteiger partial charge is 0.161 e. The molecular weight excluding hydrogens is 262 g/mol. The Morgan fingerprint density at radius 1 is 1.33 bits per heavy atom. The molecule has 120 valence electrons. The van der Waals surface area contributed by atoms with E-state index in [-0.39, 0.29) is 0 Å². The minimum absolute atomic E-state index is 0.352. The number of hydrogen-bond acceptors (Lipinski definition) is 3. The first-order valence-electron chi connectivity index (χ1n) is 8.52. The summed E-state index contributed by atoms with van der Waals surface area (Å²) in [5.41, 5.74) is 1.22. The van der Waals surface area contributed by atoms with Crippen molar-refractivity contribution in [3.05, 3.63) is 11.9 Å². The molecule has 1 aromatic rings. The highest BCUT2D eigenvalue weighted by Crippen LogP contribution is 2.40. The molecular formula is C17H31N3O. The van der Waals surface area contributed by atoms with Crippen molar-refractivity contribution < 1.29 is 4.74 Å². The standard InChI is InChI=1S/C17H31N3O/c1-5-7-13-8-10-14(11-9-13)16(18-3)17-15(21-4)12-19-20(17)6-2/h12-14,16,18H,5-11H2,1-4H3. The van der Waals surface area contributed by atoms with Gasteiger partial charge in [-0.3, -0.25) is 4.68 Å². The topological polar surface area (TPSA) is 39.1 Å². The molecule has 4 heteroatoms. The van der Waals surface area contributed by atoms with Gasteiger partial charge >= 0.3 is 0 Å². The summed E-state index contributed by atoms with van der Waals surface area (Å²) in [6, 6.07) is 0.352. The first kappa shape index (κ1) is 16.3. The van der Waals surface area contributed by atoms with Crippen LogP contribution in [0.4, 0.5) is 0 Å². The third-order valence-corrected chi connectivity index (χ3v) is 5.03. The highest BCUT2D eigenvalue weighted by atomic mass is 16.5. The van der Waals surface area contributed by atoms with Gasteiger partial charge in [0.05, 0.1) is 25.0 Å². The predicted molar refractivity (Wildman–Crippen MR) is 86.6 cm³/mol. The Labute approximate surface area is 129 Å². The zero-order valence-corrected chi connectivity index (χ0v) is 14.1. The summed E-state index contributed by atoms with van der Waals surface area (Å²) in [4.78, 5) is 0. The van der Waals surface area contributed by atoms with Crippen molar-refractivity contribution in [3.63, 3.8) is 0 Å². The molecule has 0 aliphatic heterocycles. The Morgan fingerprint density at radius 3 is 2.57 bits per heavy atom. The van der Waals surface area contributed by atoms with Gasteiger partial charge in [0.25, 0.3) is 0 Å². The van der Waals surface area contributed by atoms with E-state index in [1.54, 1.807) is 7.11 Å². The number of rotatable bonds is 7. The molecule has 1 fully saturated rings. The molecule has 0 bridgehead atoms. The first-order valence-corrected chi connectivity index (χ1v) is 8.52. The molecule has 21 heavy (non-hydrogen) atoms. The second-order valence-corrected chi connectivity index (χ2v) is 6.25. The minimum atomic E-state index is 0.352. The summed E-state index contributed by atoms with van der Waals surface area (Å²) in [5.74, 6) is 2.56. The van der Waals surface area contributed by atoms with Gasteiger partial charge in [0.15, 0.2) is 5.75 Å². The van der Waals surface area contributed by atoms with Crippen molar-refractivity contribution in [2.24, 2.45) is 11.8 Å². The fourth-order valence-electron chi connectivity index (χ4n) is 3.91. The Kier molecular flexibility index (Phi) is 6.09. The molecule has 0 spiro atoms. The zero-order valence-electron chi connectivity index (χ0n) is 14.1. The molecule has 0 amide bonds. The number of aryl methyl sites for hydroxylation is 1. The van der Waals surface area contributed by atoms with Crippen molar-refractivity contribution in [2.75, 3.05) is 14.2 Å². The van der Waals surface area contributed by atoms with E-state index in [9.17, 15) is 0 Å². The number of hydrogen-bond donors (Lipinski definition) is 1. The fourth-order valence-corrected chi connectivity index (χ4v) is 3.91.